The smallest absolute Gasteiger partial charge is 0.227 e. The molecule has 4 aromatic rings. The van der Waals surface area contributed by atoms with E-state index in [9.17, 15) is 4.79 Å². The molecule has 0 bridgehead atoms. The predicted octanol–water partition coefficient (Wildman–Crippen LogP) is 5.13. The van der Waals surface area contributed by atoms with E-state index in [1.165, 1.54) is 16.5 Å². The lowest BCUT2D eigenvalue weighted by Crippen LogP contribution is -2.51. The summed E-state index contributed by atoms with van der Waals surface area (Å²) >= 11 is 0. The minimum Gasteiger partial charge on any atom is -0.497 e. The number of likely N-dealkylation sites (tertiary alicyclic amines) is 1. The van der Waals surface area contributed by atoms with Gasteiger partial charge in [0.05, 0.1) is 30.4 Å². The molecule has 1 N–H and O–H groups in total. The van der Waals surface area contributed by atoms with Gasteiger partial charge in [0.15, 0.2) is 0 Å². The van der Waals surface area contributed by atoms with E-state index in [4.69, 9.17) is 4.74 Å². The number of carbonyl (C=O) groups is 1. The lowest BCUT2D eigenvalue weighted by molar-refractivity contribution is -0.132. The molecule has 3 aromatic carbocycles. The van der Waals surface area contributed by atoms with Crippen molar-refractivity contribution in [3.63, 3.8) is 0 Å². The molecule has 0 radical (unpaired) electrons. The highest BCUT2D eigenvalue weighted by atomic mass is 16.5. The summed E-state index contributed by atoms with van der Waals surface area (Å²) in [6.07, 6.45) is 4.31. The van der Waals surface area contributed by atoms with E-state index in [-0.39, 0.29) is 11.4 Å². The molecule has 1 spiro atoms. The molecule has 2 aliphatic rings. The summed E-state index contributed by atoms with van der Waals surface area (Å²) in [5.41, 5.74) is 4.40. The van der Waals surface area contributed by atoms with Gasteiger partial charge < -0.3 is 19.5 Å². The zero-order valence-corrected chi connectivity index (χ0v) is 18.8. The second-order valence-corrected chi connectivity index (χ2v) is 9.05. The van der Waals surface area contributed by atoms with Gasteiger partial charge in [-0.2, -0.15) is 0 Å². The molecule has 1 fully saturated rings. The second-order valence-electron chi connectivity index (χ2n) is 9.05. The predicted molar refractivity (Wildman–Crippen MR) is 131 cm³/mol. The minimum atomic E-state index is -0.181. The maximum absolute atomic E-state index is 13.2. The Morgan fingerprint density at radius 1 is 1.00 bits per heavy atom. The molecule has 166 valence electrons. The lowest BCUT2D eigenvalue weighted by atomic mass is 9.82. The highest BCUT2D eigenvalue weighted by Gasteiger charge is 2.42. The zero-order chi connectivity index (χ0) is 22.4. The number of piperidine rings is 1. The molecule has 6 rings (SSSR count). The summed E-state index contributed by atoms with van der Waals surface area (Å²) in [6.45, 7) is 1.47. The van der Waals surface area contributed by atoms with Crippen LogP contribution in [0.4, 0.5) is 5.69 Å². The monoisotopic (exact) mass is 437 g/mol. The first-order valence-corrected chi connectivity index (χ1v) is 11.6. The third kappa shape index (κ3) is 3.27. The Kier molecular flexibility index (Phi) is 4.64. The first-order valence-electron chi connectivity index (χ1n) is 11.6. The van der Waals surface area contributed by atoms with Gasteiger partial charge in [-0.15, -0.1) is 0 Å². The molecule has 3 heterocycles. The number of rotatable bonds is 3. The van der Waals surface area contributed by atoms with Crippen LogP contribution < -0.4 is 10.1 Å². The number of carbonyl (C=O) groups excluding carboxylic acids is 1. The van der Waals surface area contributed by atoms with Crippen LogP contribution in [0.1, 0.15) is 24.1 Å². The van der Waals surface area contributed by atoms with Crippen molar-refractivity contribution in [3.05, 3.63) is 90.3 Å². The third-order valence-corrected chi connectivity index (χ3v) is 7.27. The number of benzene rings is 3. The van der Waals surface area contributed by atoms with Crippen LogP contribution in [-0.4, -0.2) is 35.6 Å². The van der Waals surface area contributed by atoms with Crippen molar-refractivity contribution in [1.82, 2.24) is 9.47 Å². The molecule has 5 heteroatoms. The zero-order valence-electron chi connectivity index (χ0n) is 18.8. The largest absolute Gasteiger partial charge is 0.497 e. The van der Waals surface area contributed by atoms with Gasteiger partial charge in [0.1, 0.15) is 5.75 Å². The second kappa shape index (κ2) is 7.69. The molecule has 0 unspecified atom stereocenters. The van der Waals surface area contributed by atoms with Gasteiger partial charge in [-0.05, 0) is 53.4 Å². The van der Waals surface area contributed by atoms with Crippen molar-refractivity contribution in [2.45, 2.75) is 24.8 Å². The molecule has 33 heavy (non-hydrogen) atoms. The van der Waals surface area contributed by atoms with Gasteiger partial charge in [-0.25, -0.2) is 0 Å². The number of nitrogens with one attached hydrogen (secondary N) is 1. The summed E-state index contributed by atoms with van der Waals surface area (Å²) in [4.78, 5) is 15.3. The lowest BCUT2D eigenvalue weighted by Gasteiger charge is -2.46. The fourth-order valence-corrected chi connectivity index (χ4v) is 5.50. The molecule has 5 nitrogen and oxygen atoms in total. The van der Waals surface area contributed by atoms with Crippen molar-refractivity contribution >= 4 is 22.4 Å². The van der Waals surface area contributed by atoms with Crippen molar-refractivity contribution in [3.8, 4) is 11.4 Å². The average molecular weight is 438 g/mol. The van der Waals surface area contributed by atoms with Crippen LogP contribution in [0.5, 0.6) is 5.75 Å². The van der Waals surface area contributed by atoms with E-state index in [1.807, 2.05) is 29.2 Å². The number of nitrogens with zero attached hydrogens (tertiary/aromatic N) is 2. The summed E-state index contributed by atoms with van der Waals surface area (Å²) in [7, 11) is 1.70. The minimum absolute atomic E-state index is 0.181. The Bertz CT molecular complexity index is 1340. The number of fused-ring (bicyclic) bond motifs is 5. The first-order chi connectivity index (χ1) is 16.2. The maximum atomic E-state index is 13.2. The summed E-state index contributed by atoms with van der Waals surface area (Å²) in [6, 6.07) is 25.0. The number of methoxy groups -OCH3 is 1. The fraction of sp³-hybridized carbons (Fsp3) is 0.250. The van der Waals surface area contributed by atoms with Crippen LogP contribution in [0.15, 0.2) is 79.0 Å². The normalized spacial score (nSPS) is 16.2. The van der Waals surface area contributed by atoms with Crippen LogP contribution in [0, 0.1) is 0 Å². The Balaban J connectivity index is 1.23. The molecule has 1 aromatic heterocycles. The Morgan fingerprint density at radius 3 is 2.67 bits per heavy atom. The first kappa shape index (κ1) is 19.9. The summed E-state index contributed by atoms with van der Waals surface area (Å²) in [5.74, 6) is 1.05. The van der Waals surface area contributed by atoms with Gasteiger partial charge in [-0.3, -0.25) is 4.79 Å². The van der Waals surface area contributed by atoms with Gasteiger partial charge in [-0.1, -0.05) is 42.5 Å². The molecule has 0 saturated carbocycles. The average Bonchev–Trinajstić information content (AvgIpc) is 3.36. The molecular weight excluding hydrogens is 410 g/mol. The summed E-state index contributed by atoms with van der Waals surface area (Å²) < 4.78 is 7.74. The molecule has 2 aliphatic heterocycles. The SMILES string of the molecule is COc1ccc2c(c1)NC1(CCN(C(=O)Cc3cccc4ccccc34)CC1)c1cccn1-2. The van der Waals surface area contributed by atoms with Crippen LogP contribution in [0.25, 0.3) is 16.5 Å². The van der Waals surface area contributed by atoms with Gasteiger partial charge in [0, 0.05) is 31.0 Å². The number of hydrogen-bond donors (Lipinski definition) is 1. The van der Waals surface area contributed by atoms with E-state index in [2.05, 4.69) is 64.6 Å². The number of hydrogen-bond acceptors (Lipinski definition) is 3. The standard InChI is InChI=1S/C28H27N3O2/c1-33-22-11-12-25-24(19-22)29-28(26-10-5-15-31(25)26)13-16-30(17-14-28)27(32)18-21-8-4-7-20-6-2-3-9-23(20)21/h2-12,15,19,29H,13-14,16-18H2,1H3. The quantitative estimate of drug-likeness (QED) is 0.484. The highest BCUT2D eigenvalue weighted by molar-refractivity contribution is 5.90. The van der Waals surface area contributed by atoms with Crippen LogP contribution in [0.2, 0.25) is 0 Å². The number of anilines is 1. The van der Waals surface area contributed by atoms with E-state index in [0.717, 1.165) is 48.6 Å². The third-order valence-electron chi connectivity index (χ3n) is 7.27. The number of amides is 1. The summed E-state index contributed by atoms with van der Waals surface area (Å²) in [5, 5.41) is 6.17. The van der Waals surface area contributed by atoms with Crippen LogP contribution >= 0.6 is 0 Å². The van der Waals surface area contributed by atoms with E-state index in [1.54, 1.807) is 7.11 Å². The van der Waals surface area contributed by atoms with Crippen LogP contribution in [0.3, 0.4) is 0 Å². The molecule has 0 atom stereocenters. The molecule has 1 amide bonds. The molecule has 1 saturated heterocycles. The van der Waals surface area contributed by atoms with E-state index < -0.39 is 0 Å². The van der Waals surface area contributed by atoms with Crippen molar-refractivity contribution in [1.29, 1.82) is 0 Å². The number of aromatic nitrogens is 1. The van der Waals surface area contributed by atoms with Crippen molar-refractivity contribution < 1.29 is 9.53 Å². The van der Waals surface area contributed by atoms with E-state index >= 15 is 0 Å². The van der Waals surface area contributed by atoms with Crippen LogP contribution in [-0.2, 0) is 16.8 Å². The molecular formula is C28H27N3O2. The Hall–Kier alpha value is -3.73. The Labute approximate surface area is 193 Å². The van der Waals surface area contributed by atoms with Gasteiger partial charge in [0.2, 0.25) is 5.91 Å². The Morgan fingerprint density at radius 2 is 1.82 bits per heavy atom. The van der Waals surface area contributed by atoms with Gasteiger partial charge in [0.25, 0.3) is 0 Å². The fourth-order valence-electron chi connectivity index (χ4n) is 5.50. The topological polar surface area (TPSA) is 46.5 Å². The van der Waals surface area contributed by atoms with Crippen molar-refractivity contribution in [2.24, 2.45) is 0 Å². The maximum Gasteiger partial charge on any atom is 0.227 e. The molecule has 0 aliphatic carbocycles. The highest BCUT2D eigenvalue weighted by Crippen LogP contribution is 2.44. The van der Waals surface area contributed by atoms with E-state index in [0.29, 0.717) is 6.42 Å². The number of ether oxygens (including phenoxy) is 1. The van der Waals surface area contributed by atoms with Crippen molar-refractivity contribution in [2.75, 3.05) is 25.5 Å². The van der Waals surface area contributed by atoms with Gasteiger partial charge >= 0.3 is 0 Å².